The highest BCUT2D eigenvalue weighted by atomic mass is 16.5. The molecule has 62 heavy (non-hydrogen) atoms. The first kappa shape index (κ1) is 49.9. The van der Waals surface area contributed by atoms with Gasteiger partial charge in [-0.1, -0.05) is 78.4 Å². The standard InChI is InChI=1S/C51H76N2O9/c1-35(41-14-13-36(2)48(59)53-49(19-8-24-54,22-27-61-5)31-39-11-7-10-38(29-39)30-41)9-6-12-43(34-62-28-26-56)44-17-20-51(47(44)58)46-40(18-25-55)15-16-42(45(46)37(3)33-57)32-50(51,60)21-23-52-4/h6-7,9-13,15-16,29,33,40-42,44,46-48,52-56,58-60H,1,8,14,17-28,30-32,34H2,2-5H3. The molecule has 0 amide bonds. The van der Waals surface area contributed by atoms with Gasteiger partial charge in [-0.15, -0.1) is 0 Å². The summed E-state index contributed by atoms with van der Waals surface area (Å²) in [5, 5.41) is 73.7. The molecule has 1 aromatic carbocycles. The molecule has 3 aliphatic carbocycles. The van der Waals surface area contributed by atoms with E-state index >= 15 is 0 Å². The molecule has 4 bridgehead atoms. The zero-order valence-electron chi connectivity index (χ0n) is 37.7. The number of nitrogens with one attached hydrogen (secondary N) is 2. The van der Waals surface area contributed by atoms with Gasteiger partial charge in [0.1, 0.15) is 12.5 Å². The molecule has 10 unspecified atom stereocenters. The van der Waals surface area contributed by atoms with E-state index in [-0.39, 0.29) is 62.6 Å². The smallest absolute Gasteiger partial charge is 0.145 e. The van der Waals surface area contributed by atoms with Crippen molar-refractivity contribution in [3.05, 3.63) is 106 Å². The quantitative estimate of drug-likeness (QED) is 0.0289. The minimum atomic E-state index is -1.25. The average Bonchev–Trinajstić information content (AvgIpc) is 3.61. The Morgan fingerprint density at radius 3 is 2.56 bits per heavy atom. The SMILES string of the molecule is C=C(C=CC=C(COCCO)C1CCC2(C1O)C1C(=C(C)C=O)C(C=CC1CCO)CC2(O)CCNC)C1CC=C(C)C(O)NC(CCCO)(CCOC)Cc2cccc(c2)C1. The number of fused-ring (bicyclic) bond motifs is 5. The summed E-state index contributed by atoms with van der Waals surface area (Å²) in [7, 11) is 3.54. The van der Waals surface area contributed by atoms with E-state index in [4.69, 9.17) is 9.47 Å². The minimum Gasteiger partial charge on any atom is -0.396 e. The topological polar surface area (TPSA) is 181 Å². The Hall–Kier alpha value is -3.07. The van der Waals surface area contributed by atoms with Gasteiger partial charge in [-0.05, 0) is 144 Å². The molecule has 2 saturated carbocycles. The van der Waals surface area contributed by atoms with Crippen LogP contribution in [-0.2, 0) is 27.1 Å². The van der Waals surface area contributed by atoms with E-state index in [2.05, 4.69) is 59.7 Å². The van der Waals surface area contributed by atoms with Crippen LogP contribution in [0.2, 0.25) is 0 Å². The Morgan fingerprint density at radius 2 is 1.85 bits per heavy atom. The first-order valence-corrected chi connectivity index (χ1v) is 22.9. The molecular weight excluding hydrogens is 785 g/mol. The molecular formula is C51H76N2O9. The highest BCUT2D eigenvalue weighted by molar-refractivity contribution is 5.74. The minimum absolute atomic E-state index is 0.0185. The number of methoxy groups -OCH3 is 1. The fourth-order valence-electron chi connectivity index (χ4n) is 11.5. The number of aliphatic hydroxyl groups is 6. The predicted octanol–water partition coefficient (Wildman–Crippen LogP) is 5.06. The second-order valence-corrected chi connectivity index (χ2v) is 18.6. The van der Waals surface area contributed by atoms with Crippen LogP contribution in [0.5, 0.6) is 0 Å². The lowest BCUT2D eigenvalue weighted by Crippen LogP contribution is -2.65. The van der Waals surface area contributed by atoms with Crippen molar-refractivity contribution < 1.29 is 44.9 Å². The van der Waals surface area contributed by atoms with Crippen molar-refractivity contribution in [3.8, 4) is 0 Å². The maximum Gasteiger partial charge on any atom is 0.145 e. The van der Waals surface area contributed by atoms with Crippen molar-refractivity contribution in [1.29, 1.82) is 0 Å². The molecule has 1 heterocycles. The summed E-state index contributed by atoms with van der Waals surface area (Å²) < 4.78 is 11.5. The summed E-state index contributed by atoms with van der Waals surface area (Å²) in [6.45, 7) is 9.57. The molecule has 344 valence electrons. The van der Waals surface area contributed by atoms with Gasteiger partial charge in [0.15, 0.2) is 0 Å². The van der Waals surface area contributed by atoms with Crippen LogP contribution >= 0.6 is 0 Å². The Morgan fingerprint density at radius 1 is 1.06 bits per heavy atom. The fourth-order valence-corrected chi connectivity index (χ4v) is 11.5. The van der Waals surface area contributed by atoms with E-state index in [1.807, 2.05) is 39.1 Å². The zero-order valence-corrected chi connectivity index (χ0v) is 37.7. The number of benzene rings is 1. The molecule has 4 aliphatic rings. The summed E-state index contributed by atoms with van der Waals surface area (Å²) in [4.78, 5) is 12.4. The number of carbonyl (C=O) groups is 1. The van der Waals surface area contributed by atoms with Crippen molar-refractivity contribution in [2.24, 2.45) is 35.0 Å². The lowest BCUT2D eigenvalue weighted by molar-refractivity contribution is -0.194. The summed E-state index contributed by atoms with van der Waals surface area (Å²) in [6.07, 6.45) is 17.7. The average molecular weight is 861 g/mol. The molecule has 0 saturated heterocycles. The van der Waals surface area contributed by atoms with Crippen molar-refractivity contribution in [2.75, 3.05) is 60.3 Å². The number of rotatable bonds is 20. The molecule has 1 aliphatic heterocycles. The van der Waals surface area contributed by atoms with Gasteiger partial charge < -0.3 is 45.4 Å². The first-order valence-electron chi connectivity index (χ1n) is 22.9. The fraction of sp³-hybridized carbons (Fsp3) is 0.627. The number of allylic oxidation sites excluding steroid dienone is 9. The molecule has 10 atom stereocenters. The van der Waals surface area contributed by atoms with Crippen molar-refractivity contribution in [1.82, 2.24) is 10.6 Å². The lowest BCUT2D eigenvalue weighted by Gasteiger charge is -2.61. The van der Waals surface area contributed by atoms with Gasteiger partial charge in [0.05, 0.1) is 31.5 Å². The van der Waals surface area contributed by atoms with Crippen LogP contribution in [-0.4, -0.2) is 121 Å². The van der Waals surface area contributed by atoms with Gasteiger partial charge in [0.2, 0.25) is 0 Å². The second kappa shape index (κ2) is 23.2. The summed E-state index contributed by atoms with van der Waals surface area (Å²) in [6, 6.07) is 8.58. The highest BCUT2D eigenvalue weighted by Gasteiger charge is 2.68. The third-order valence-corrected chi connectivity index (χ3v) is 14.7. The molecule has 11 heteroatoms. The van der Waals surface area contributed by atoms with Crippen LogP contribution in [0.15, 0.2) is 95.2 Å². The van der Waals surface area contributed by atoms with Crippen LogP contribution in [0.1, 0.15) is 82.8 Å². The van der Waals surface area contributed by atoms with Gasteiger partial charge in [0.25, 0.3) is 0 Å². The number of carbonyl (C=O) groups excluding carboxylic acids is 1. The molecule has 0 aromatic heterocycles. The number of hydrogen-bond donors (Lipinski definition) is 8. The van der Waals surface area contributed by atoms with E-state index in [1.165, 1.54) is 5.56 Å². The van der Waals surface area contributed by atoms with Crippen LogP contribution < -0.4 is 10.6 Å². The molecule has 11 nitrogen and oxygen atoms in total. The number of hydrogen-bond acceptors (Lipinski definition) is 11. The molecule has 5 rings (SSSR count). The first-order chi connectivity index (χ1) is 29.9. The van der Waals surface area contributed by atoms with E-state index in [0.717, 1.165) is 40.6 Å². The van der Waals surface area contributed by atoms with Crippen molar-refractivity contribution in [2.45, 2.75) is 108 Å². The molecule has 1 aromatic rings. The summed E-state index contributed by atoms with van der Waals surface area (Å²) in [5.74, 6) is -1.00. The van der Waals surface area contributed by atoms with Gasteiger partial charge in [-0.2, -0.15) is 0 Å². The molecule has 0 radical (unpaired) electrons. The van der Waals surface area contributed by atoms with Gasteiger partial charge in [0, 0.05) is 49.7 Å². The van der Waals surface area contributed by atoms with E-state index in [0.29, 0.717) is 82.9 Å². The van der Waals surface area contributed by atoms with Crippen LogP contribution in [0, 0.1) is 35.0 Å². The predicted molar refractivity (Wildman–Crippen MR) is 244 cm³/mol. The van der Waals surface area contributed by atoms with E-state index in [9.17, 15) is 35.4 Å². The highest BCUT2D eigenvalue weighted by Crippen LogP contribution is 2.67. The van der Waals surface area contributed by atoms with Crippen LogP contribution in [0.25, 0.3) is 0 Å². The zero-order chi connectivity index (χ0) is 44.9. The normalized spacial score (nSPS) is 33.6. The summed E-state index contributed by atoms with van der Waals surface area (Å²) >= 11 is 0. The van der Waals surface area contributed by atoms with Crippen LogP contribution in [0.4, 0.5) is 0 Å². The maximum absolute atomic E-state index is 12.9. The number of aliphatic hydroxyl groups excluding tert-OH is 5. The van der Waals surface area contributed by atoms with Crippen LogP contribution in [0.3, 0.4) is 0 Å². The van der Waals surface area contributed by atoms with Crippen molar-refractivity contribution >= 4 is 6.29 Å². The van der Waals surface area contributed by atoms with E-state index in [1.54, 1.807) is 7.11 Å². The summed E-state index contributed by atoms with van der Waals surface area (Å²) in [5.41, 5.74) is 3.77. The Labute approximate surface area is 370 Å². The van der Waals surface area contributed by atoms with E-state index < -0.39 is 28.9 Å². The Balaban J connectivity index is 1.48. The largest absolute Gasteiger partial charge is 0.396 e. The second-order valence-electron chi connectivity index (χ2n) is 18.6. The third-order valence-electron chi connectivity index (χ3n) is 14.7. The number of ether oxygens (including phenoxy) is 2. The lowest BCUT2D eigenvalue weighted by atomic mass is 9.45. The molecule has 2 fully saturated rings. The number of aldehydes is 1. The van der Waals surface area contributed by atoms with Gasteiger partial charge >= 0.3 is 0 Å². The Kier molecular flexibility index (Phi) is 18.7. The monoisotopic (exact) mass is 861 g/mol. The van der Waals surface area contributed by atoms with Gasteiger partial charge in [-0.25, -0.2) is 0 Å². The molecule has 8 N–H and O–H groups in total. The third kappa shape index (κ3) is 11.2. The van der Waals surface area contributed by atoms with Crippen molar-refractivity contribution in [3.63, 3.8) is 0 Å². The Bertz CT molecular complexity index is 1790. The van der Waals surface area contributed by atoms with Gasteiger partial charge in [-0.3, -0.25) is 10.1 Å². The maximum atomic E-state index is 12.9. The molecule has 1 spiro atoms.